The summed E-state index contributed by atoms with van der Waals surface area (Å²) in [7, 11) is 3.94. The first-order valence-electron chi connectivity index (χ1n) is 8.09. The van der Waals surface area contributed by atoms with Crippen LogP contribution in [0.5, 0.6) is 0 Å². The molecule has 0 heterocycles. The van der Waals surface area contributed by atoms with E-state index in [2.05, 4.69) is 0 Å². The summed E-state index contributed by atoms with van der Waals surface area (Å²) in [5.74, 6) is -0.812. The zero-order valence-corrected chi connectivity index (χ0v) is 14.5. The van der Waals surface area contributed by atoms with Gasteiger partial charge in [-0.3, -0.25) is 9.59 Å². The molecule has 0 fully saturated rings. The van der Waals surface area contributed by atoms with E-state index in [1.807, 2.05) is 43.3 Å². The molecular weight excluding hydrogens is 294 g/mol. The van der Waals surface area contributed by atoms with Crippen LogP contribution in [0.15, 0.2) is 24.3 Å². The number of esters is 2. The molecule has 0 amide bonds. The Morgan fingerprint density at radius 3 is 2.17 bits per heavy atom. The maximum absolute atomic E-state index is 12.2. The molecule has 5 nitrogen and oxygen atoms in total. The van der Waals surface area contributed by atoms with Gasteiger partial charge in [-0.1, -0.05) is 12.1 Å². The zero-order valence-electron chi connectivity index (χ0n) is 14.5. The van der Waals surface area contributed by atoms with Crippen molar-refractivity contribution in [3.8, 4) is 0 Å². The van der Waals surface area contributed by atoms with Gasteiger partial charge in [0.15, 0.2) is 0 Å². The first-order chi connectivity index (χ1) is 11.0. The summed E-state index contributed by atoms with van der Waals surface area (Å²) in [6.45, 7) is 4.31. The Bertz CT molecular complexity index is 496. The highest BCUT2D eigenvalue weighted by Gasteiger charge is 2.22. The van der Waals surface area contributed by atoms with Crippen molar-refractivity contribution in [1.82, 2.24) is 0 Å². The van der Waals surface area contributed by atoms with Crippen LogP contribution in [-0.4, -0.2) is 39.2 Å². The second-order valence-electron chi connectivity index (χ2n) is 5.49. The molecule has 0 saturated carbocycles. The molecule has 1 atom stereocenters. The molecule has 1 aromatic rings. The summed E-state index contributed by atoms with van der Waals surface area (Å²) in [6.07, 6.45) is 1.48. The van der Waals surface area contributed by atoms with Crippen LogP contribution in [0.1, 0.15) is 44.6 Å². The Labute approximate surface area is 138 Å². The van der Waals surface area contributed by atoms with Gasteiger partial charge in [-0.25, -0.2) is 0 Å². The van der Waals surface area contributed by atoms with Gasteiger partial charge < -0.3 is 14.4 Å². The number of hydrogen-bond donors (Lipinski definition) is 0. The normalized spacial score (nSPS) is 11.7. The van der Waals surface area contributed by atoms with E-state index in [0.29, 0.717) is 32.5 Å². The number of anilines is 1. The monoisotopic (exact) mass is 321 g/mol. The fraction of sp³-hybridized carbons (Fsp3) is 0.556. The largest absolute Gasteiger partial charge is 0.466 e. The molecule has 5 heteroatoms. The van der Waals surface area contributed by atoms with Crippen LogP contribution >= 0.6 is 0 Å². The molecule has 0 aliphatic rings. The number of carbonyl (C=O) groups excluding carboxylic acids is 2. The summed E-state index contributed by atoms with van der Waals surface area (Å²) in [4.78, 5) is 25.7. The molecule has 0 aliphatic heterocycles. The number of hydrogen-bond acceptors (Lipinski definition) is 5. The number of ether oxygens (including phenoxy) is 2. The summed E-state index contributed by atoms with van der Waals surface area (Å²) < 4.78 is 10.1. The molecule has 128 valence electrons. The second-order valence-corrected chi connectivity index (χ2v) is 5.49. The molecule has 0 saturated heterocycles. The molecule has 0 N–H and O–H groups in total. The third-order valence-corrected chi connectivity index (χ3v) is 3.56. The molecule has 23 heavy (non-hydrogen) atoms. The Morgan fingerprint density at radius 2 is 1.65 bits per heavy atom. The average molecular weight is 321 g/mol. The second kappa shape index (κ2) is 9.87. The van der Waals surface area contributed by atoms with E-state index in [9.17, 15) is 9.59 Å². The Balaban J connectivity index is 2.75. The van der Waals surface area contributed by atoms with E-state index in [1.165, 1.54) is 0 Å². The molecule has 0 bridgehead atoms. The molecular formula is C18H27NO4. The highest BCUT2D eigenvalue weighted by molar-refractivity contribution is 5.78. The van der Waals surface area contributed by atoms with Crippen molar-refractivity contribution in [2.75, 3.05) is 32.2 Å². The van der Waals surface area contributed by atoms with Gasteiger partial charge >= 0.3 is 11.9 Å². The van der Waals surface area contributed by atoms with Crippen molar-refractivity contribution in [2.24, 2.45) is 0 Å². The lowest BCUT2D eigenvalue weighted by Crippen LogP contribution is -2.17. The van der Waals surface area contributed by atoms with Gasteiger partial charge in [0.2, 0.25) is 0 Å². The van der Waals surface area contributed by atoms with Gasteiger partial charge in [0.25, 0.3) is 0 Å². The van der Waals surface area contributed by atoms with Gasteiger partial charge in [-0.05, 0) is 44.4 Å². The smallest absolute Gasteiger partial charge is 0.313 e. The third kappa shape index (κ3) is 6.30. The lowest BCUT2D eigenvalue weighted by atomic mass is 9.93. The number of carbonyl (C=O) groups is 2. The van der Waals surface area contributed by atoms with Gasteiger partial charge in [0.05, 0.1) is 19.1 Å². The summed E-state index contributed by atoms with van der Waals surface area (Å²) >= 11 is 0. The van der Waals surface area contributed by atoms with Crippen molar-refractivity contribution in [3.05, 3.63) is 29.8 Å². The maximum atomic E-state index is 12.2. The first-order valence-corrected chi connectivity index (χ1v) is 8.09. The fourth-order valence-corrected chi connectivity index (χ4v) is 2.35. The average Bonchev–Trinajstić information content (AvgIpc) is 2.52. The van der Waals surface area contributed by atoms with Crippen LogP contribution in [0.25, 0.3) is 0 Å². The zero-order chi connectivity index (χ0) is 17.2. The van der Waals surface area contributed by atoms with Crippen LogP contribution in [0, 0.1) is 0 Å². The van der Waals surface area contributed by atoms with Crippen molar-refractivity contribution in [3.63, 3.8) is 0 Å². The number of nitrogens with zero attached hydrogens (tertiary/aromatic N) is 1. The van der Waals surface area contributed by atoms with Crippen molar-refractivity contribution < 1.29 is 19.1 Å². The van der Waals surface area contributed by atoms with E-state index in [-0.39, 0.29) is 17.9 Å². The Morgan fingerprint density at radius 1 is 1.04 bits per heavy atom. The van der Waals surface area contributed by atoms with E-state index < -0.39 is 0 Å². The predicted octanol–water partition coefficient (Wildman–Crippen LogP) is 3.13. The molecule has 1 aromatic carbocycles. The van der Waals surface area contributed by atoms with Gasteiger partial charge in [-0.15, -0.1) is 0 Å². The fourth-order valence-electron chi connectivity index (χ4n) is 2.35. The van der Waals surface area contributed by atoms with E-state index in [4.69, 9.17) is 9.47 Å². The van der Waals surface area contributed by atoms with Crippen molar-refractivity contribution in [2.45, 2.75) is 39.0 Å². The minimum Gasteiger partial charge on any atom is -0.466 e. The van der Waals surface area contributed by atoms with E-state index in [1.54, 1.807) is 13.8 Å². The lowest BCUT2D eigenvalue weighted by Gasteiger charge is -2.18. The van der Waals surface area contributed by atoms with Crippen LogP contribution in [0.2, 0.25) is 0 Å². The van der Waals surface area contributed by atoms with Crippen LogP contribution in [0.3, 0.4) is 0 Å². The van der Waals surface area contributed by atoms with Crippen molar-refractivity contribution in [1.29, 1.82) is 0 Å². The minimum absolute atomic E-state index is 0.224. The molecule has 0 radical (unpaired) electrons. The third-order valence-electron chi connectivity index (χ3n) is 3.56. The van der Waals surface area contributed by atoms with Crippen molar-refractivity contribution >= 4 is 17.6 Å². The highest BCUT2D eigenvalue weighted by Crippen LogP contribution is 2.26. The SMILES string of the molecule is CCOC(=O)CCCC(C(=O)OCC)c1ccc(N(C)C)cc1. The lowest BCUT2D eigenvalue weighted by molar-refractivity contribution is -0.146. The van der Waals surface area contributed by atoms with Gasteiger partial charge in [-0.2, -0.15) is 0 Å². The standard InChI is InChI=1S/C18H27NO4/c1-5-22-17(20)9-7-8-16(18(21)23-6-2)14-10-12-15(13-11-14)19(3)4/h10-13,16H,5-9H2,1-4H3. The molecule has 1 unspecified atom stereocenters. The van der Waals surface area contributed by atoms with E-state index in [0.717, 1.165) is 11.3 Å². The van der Waals surface area contributed by atoms with Crippen LogP contribution in [-0.2, 0) is 19.1 Å². The minimum atomic E-state index is -0.347. The summed E-state index contributed by atoms with van der Waals surface area (Å²) in [5.41, 5.74) is 1.99. The van der Waals surface area contributed by atoms with Gasteiger partial charge in [0, 0.05) is 26.2 Å². The van der Waals surface area contributed by atoms with Gasteiger partial charge in [0.1, 0.15) is 0 Å². The maximum Gasteiger partial charge on any atom is 0.313 e. The summed E-state index contributed by atoms with van der Waals surface area (Å²) in [6, 6.07) is 7.85. The molecule has 0 spiro atoms. The first kappa shape index (κ1) is 19.0. The highest BCUT2D eigenvalue weighted by atomic mass is 16.5. The Kier molecular flexibility index (Phi) is 8.16. The van der Waals surface area contributed by atoms with Crippen LogP contribution in [0.4, 0.5) is 5.69 Å². The number of rotatable bonds is 9. The van der Waals surface area contributed by atoms with Crippen LogP contribution < -0.4 is 4.90 Å². The number of benzene rings is 1. The van der Waals surface area contributed by atoms with E-state index >= 15 is 0 Å². The molecule has 1 rings (SSSR count). The molecule has 0 aromatic heterocycles. The quantitative estimate of drug-likeness (QED) is 0.654. The topological polar surface area (TPSA) is 55.8 Å². The summed E-state index contributed by atoms with van der Waals surface area (Å²) in [5, 5.41) is 0. The molecule has 0 aliphatic carbocycles. The Hall–Kier alpha value is -2.04. The predicted molar refractivity (Wildman–Crippen MR) is 90.6 cm³/mol.